The molecule has 2 saturated heterocycles. The number of imidazole rings is 1. The first kappa shape index (κ1) is 34.3. The molecule has 13 heteroatoms. The summed E-state index contributed by atoms with van der Waals surface area (Å²) in [6.45, 7) is 8.58. The zero-order chi connectivity index (χ0) is 34.5. The number of quaternary nitrogens is 1. The highest BCUT2D eigenvalue weighted by Crippen LogP contribution is 2.32. The second kappa shape index (κ2) is 14.9. The molecule has 260 valence electrons. The van der Waals surface area contributed by atoms with Gasteiger partial charge in [0.25, 0.3) is 5.91 Å². The van der Waals surface area contributed by atoms with E-state index in [4.69, 9.17) is 4.74 Å². The highest BCUT2D eigenvalue weighted by atomic mass is 19.2. The summed E-state index contributed by atoms with van der Waals surface area (Å²) in [5.74, 6) is -0.759. The van der Waals surface area contributed by atoms with Gasteiger partial charge in [-0.25, -0.2) is 14.4 Å². The number of halogens is 2. The zero-order valence-corrected chi connectivity index (χ0v) is 28.3. The lowest BCUT2D eigenvalue weighted by molar-refractivity contribution is -0.902. The first-order chi connectivity index (χ1) is 23.7. The minimum atomic E-state index is -1.07. The minimum Gasteiger partial charge on any atom is -0.494 e. The molecule has 1 unspecified atom stereocenters. The Morgan fingerprint density at radius 1 is 1.08 bits per heavy atom. The molecule has 4 N–H and O–H groups in total. The summed E-state index contributed by atoms with van der Waals surface area (Å²) in [5, 5.41) is 12.6. The average molecular weight is 676 g/mol. The van der Waals surface area contributed by atoms with E-state index in [-0.39, 0.29) is 23.1 Å². The number of benzene rings is 2. The summed E-state index contributed by atoms with van der Waals surface area (Å²) < 4.78 is 36.9. The number of aromatic nitrogens is 3. The Bertz CT molecular complexity index is 1830. The predicted molar refractivity (Wildman–Crippen MR) is 184 cm³/mol. The first-order valence-corrected chi connectivity index (χ1v) is 17.0. The Morgan fingerprint density at radius 2 is 1.90 bits per heavy atom. The van der Waals surface area contributed by atoms with Crippen LogP contribution in [0.5, 0.6) is 5.75 Å². The lowest BCUT2D eigenvalue weighted by atomic mass is 10.0. The fourth-order valence-electron chi connectivity index (χ4n) is 7.10. The van der Waals surface area contributed by atoms with Gasteiger partial charge < -0.3 is 30.5 Å². The number of hydrogen-bond acceptors (Lipinski definition) is 7. The maximum absolute atomic E-state index is 14.9. The van der Waals surface area contributed by atoms with Crippen LogP contribution in [0.4, 0.5) is 20.3 Å². The van der Waals surface area contributed by atoms with Crippen molar-refractivity contribution in [2.24, 2.45) is 11.8 Å². The van der Waals surface area contributed by atoms with Crippen molar-refractivity contribution in [3.8, 4) is 17.0 Å². The van der Waals surface area contributed by atoms with Gasteiger partial charge in [-0.1, -0.05) is 6.92 Å². The van der Waals surface area contributed by atoms with Crippen LogP contribution in [0.25, 0.3) is 16.9 Å². The lowest BCUT2D eigenvalue weighted by Gasteiger charge is -2.37. The molecule has 11 nitrogen and oxygen atoms in total. The van der Waals surface area contributed by atoms with Gasteiger partial charge in [0.15, 0.2) is 23.0 Å². The van der Waals surface area contributed by atoms with Crippen LogP contribution >= 0.6 is 0 Å². The molecule has 2 aromatic carbocycles. The van der Waals surface area contributed by atoms with Crippen molar-refractivity contribution in [2.75, 3.05) is 65.3 Å². The van der Waals surface area contributed by atoms with Crippen molar-refractivity contribution in [1.29, 1.82) is 0 Å². The highest BCUT2D eigenvalue weighted by molar-refractivity contribution is 5.96. The van der Waals surface area contributed by atoms with Crippen LogP contribution in [0.1, 0.15) is 42.1 Å². The van der Waals surface area contributed by atoms with Gasteiger partial charge >= 0.3 is 0 Å². The van der Waals surface area contributed by atoms with Crippen LogP contribution in [-0.4, -0.2) is 90.6 Å². The number of carbonyl (C=O) groups is 2. The molecule has 2 fully saturated rings. The van der Waals surface area contributed by atoms with Crippen LogP contribution in [0.3, 0.4) is 0 Å². The van der Waals surface area contributed by atoms with Gasteiger partial charge in [0, 0.05) is 80.1 Å². The van der Waals surface area contributed by atoms with Crippen LogP contribution in [0.15, 0.2) is 48.9 Å². The molecular formula is C36H45F2N8O3+. The average Bonchev–Trinajstić information content (AvgIpc) is 3.67. The van der Waals surface area contributed by atoms with Crippen molar-refractivity contribution >= 4 is 29.0 Å². The van der Waals surface area contributed by atoms with E-state index in [1.54, 1.807) is 28.9 Å². The summed E-state index contributed by atoms with van der Waals surface area (Å²) in [6.07, 6.45) is 7.55. The number of rotatable bonds is 14. The fraction of sp³-hybridized carbons (Fsp3) is 0.444. The number of anilines is 2. The van der Waals surface area contributed by atoms with E-state index in [2.05, 4.69) is 38.3 Å². The standard InChI is InChI=1S/C36H44F2N8O3/c1-4-25-17-26(44-34-35-43-20-29(45(35)14-13-41-34)28-8-9-30(49-3)33(38)32(28)37)6-7-27(25)36(48)42-12-5-11-40-31(47)16-23-10-15-46(2,21-23)22-24-18-39-19-24/h6-9,13-14,17,20,23-24,39H,4-5,10-12,15-16,18-19,21-22H2,1-3H3,(H2-,40,41,42,44,47,48)/p+1/t23-,46?/m0/s1. The zero-order valence-electron chi connectivity index (χ0n) is 28.3. The van der Waals surface area contributed by atoms with Crippen LogP contribution in [0.2, 0.25) is 0 Å². The van der Waals surface area contributed by atoms with Gasteiger partial charge in [-0.15, -0.1) is 0 Å². The molecule has 2 amide bonds. The Labute approximate surface area is 285 Å². The van der Waals surface area contributed by atoms with Crippen LogP contribution in [0, 0.1) is 23.5 Å². The number of methoxy groups -OCH3 is 1. The normalized spacial score (nSPS) is 19.1. The van der Waals surface area contributed by atoms with Gasteiger partial charge in [0.05, 0.1) is 45.7 Å². The molecule has 4 heterocycles. The maximum atomic E-state index is 14.9. The molecule has 49 heavy (non-hydrogen) atoms. The number of fused-ring (bicyclic) bond motifs is 1. The molecule has 2 aliphatic heterocycles. The first-order valence-electron chi connectivity index (χ1n) is 17.0. The molecule has 2 atom stereocenters. The number of carbonyl (C=O) groups excluding carboxylic acids is 2. The molecule has 6 rings (SSSR count). The monoisotopic (exact) mass is 675 g/mol. The second-order valence-electron chi connectivity index (χ2n) is 13.5. The van der Waals surface area contributed by atoms with Gasteiger partial charge in [-0.2, -0.15) is 4.39 Å². The topological polar surface area (TPSA) is 122 Å². The number of likely N-dealkylation sites (tertiary alicyclic amines) is 1. The number of amides is 2. The molecular weight excluding hydrogens is 630 g/mol. The molecule has 0 bridgehead atoms. The molecule has 0 saturated carbocycles. The third-order valence-electron chi connectivity index (χ3n) is 9.74. The number of hydrogen-bond donors (Lipinski definition) is 4. The smallest absolute Gasteiger partial charge is 0.251 e. The van der Waals surface area contributed by atoms with E-state index in [9.17, 15) is 18.4 Å². The summed E-state index contributed by atoms with van der Waals surface area (Å²) in [7, 11) is 3.60. The largest absolute Gasteiger partial charge is 0.494 e. The Balaban J connectivity index is 1.00. The minimum absolute atomic E-state index is 0.0394. The molecule has 2 aliphatic rings. The third kappa shape index (κ3) is 7.67. The summed E-state index contributed by atoms with van der Waals surface area (Å²) in [5.41, 5.74) is 2.93. The van der Waals surface area contributed by atoms with Gasteiger partial charge in [0.2, 0.25) is 11.7 Å². The molecule has 0 spiro atoms. The molecule has 0 aliphatic carbocycles. The van der Waals surface area contributed by atoms with E-state index in [1.807, 2.05) is 13.0 Å². The third-order valence-corrected chi connectivity index (χ3v) is 9.74. The van der Waals surface area contributed by atoms with Crippen molar-refractivity contribution in [3.63, 3.8) is 0 Å². The lowest BCUT2D eigenvalue weighted by Crippen LogP contribution is -2.54. The van der Waals surface area contributed by atoms with Crippen molar-refractivity contribution in [3.05, 3.63) is 71.7 Å². The van der Waals surface area contributed by atoms with Gasteiger partial charge in [-0.3, -0.25) is 14.0 Å². The Kier molecular flexibility index (Phi) is 10.4. The molecule has 4 aromatic rings. The number of nitrogens with zero attached hydrogens (tertiary/aromatic N) is 4. The van der Waals surface area contributed by atoms with Crippen molar-refractivity contribution in [2.45, 2.75) is 32.6 Å². The number of ether oxygens (including phenoxy) is 1. The van der Waals surface area contributed by atoms with Crippen LogP contribution < -0.4 is 26.0 Å². The number of aryl methyl sites for hydroxylation is 1. The van der Waals surface area contributed by atoms with E-state index in [1.165, 1.54) is 32.0 Å². The predicted octanol–water partition coefficient (Wildman–Crippen LogP) is 4.30. The molecule has 2 aromatic heterocycles. The quantitative estimate of drug-likeness (QED) is 0.116. The van der Waals surface area contributed by atoms with Gasteiger partial charge in [0.1, 0.15) is 0 Å². The fourth-order valence-corrected chi connectivity index (χ4v) is 7.10. The van der Waals surface area contributed by atoms with E-state index < -0.39 is 11.6 Å². The van der Waals surface area contributed by atoms with Crippen LogP contribution in [-0.2, 0) is 11.2 Å². The summed E-state index contributed by atoms with van der Waals surface area (Å²) in [4.78, 5) is 34.5. The highest BCUT2D eigenvalue weighted by Gasteiger charge is 2.38. The van der Waals surface area contributed by atoms with Gasteiger partial charge in [-0.05, 0) is 48.7 Å². The number of nitrogens with one attached hydrogen (secondary N) is 4. The second-order valence-corrected chi connectivity index (χ2v) is 13.5. The summed E-state index contributed by atoms with van der Waals surface area (Å²) >= 11 is 0. The van der Waals surface area contributed by atoms with Crippen molar-refractivity contribution < 1.29 is 27.6 Å². The molecule has 0 radical (unpaired) electrons. The van der Waals surface area contributed by atoms with E-state index in [0.717, 1.165) is 48.6 Å². The SMILES string of the molecule is CCc1cc(Nc2nccn3c(-c4ccc(OC)c(F)c4F)cnc23)ccc1C(=O)NCCCNC(=O)C[C@@H]1CC[N+](C)(CC2CNC2)C1. The van der Waals surface area contributed by atoms with Crippen molar-refractivity contribution in [1.82, 2.24) is 30.3 Å². The maximum Gasteiger partial charge on any atom is 0.251 e. The van der Waals surface area contributed by atoms with E-state index in [0.29, 0.717) is 66.7 Å². The summed E-state index contributed by atoms with van der Waals surface area (Å²) in [6, 6.07) is 8.26. The Hall–Kier alpha value is -4.62. The van der Waals surface area contributed by atoms with E-state index >= 15 is 0 Å². The Morgan fingerprint density at radius 3 is 2.65 bits per heavy atom.